The fourth-order valence-electron chi connectivity index (χ4n) is 2.20. The van der Waals surface area contributed by atoms with Gasteiger partial charge in [-0.15, -0.1) is 12.3 Å². The topological polar surface area (TPSA) is 4.36 Å². The molecule has 1 heteroatoms. The Balaban J connectivity index is 2.32. The van der Waals surface area contributed by atoms with E-state index in [2.05, 4.69) is 35.9 Å². The normalized spacial score (nSPS) is 18.6. The summed E-state index contributed by atoms with van der Waals surface area (Å²) in [6.07, 6.45) is 10.4. The molecule has 0 aliphatic heterocycles. The Kier molecular flexibility index (Phi) is 2.80. The van der Waals surface area contributed by atoms with E-state index >= 15 is 0 Å². The average Bonchev–Trinajstić information content (AvgIpc) is 2.71. The third kappa shape index (κ3) is 1.73. The van der Waals surface area contributed by atoms with Crippen LogP contribution < -0.4 is 0 Å². The molecule has 0 fully saturated rings. The van der Waals surface area contributed by atoms with Crippen LogP contribution in [0, 0.1) is 24.8 Å². The molecular weight excluding hydrogens is 194 g/mol. The second-order valence-corrected chi connectivity index (χ2v) is 4.20. The van der Waals surface area contributed by atoms with Crippen molar-refractivity contribution in [2.24, 2.45) is 5.92 Å². The number of rotatable bonds is 2. The predicted molar refractivity (Wildman–Crippen MR) is 67.1 cm³/mol. The number of terminal acetylenes is 1. The third-order valence-corrected chi connectivity index (χ3v) is 3.09. The molecule has 1 aliphatic rings. The van der Waals surface area contributed by atoms with E-state index in [1.807, 2.05) is 12.1 Å². The van der Waals surface area contributed by atoms with Gasteiger partial charge < -0.3 is 0 Å². The Bertz CT molecular complexity index is 511. The molecule has 0 N–H and O–H groups in total. The quantitative estimate of drug-likeness (QED) is 0.510. The molecule has 0 heterocycles. The van der Waals surface area contributed by atoms with Crippen LogP contribution in [0.25, 0.3) is 10.9 Å². The van der Waals surface area contributed by atoms with Gasteiger partial charge in [-0.3, -0.25) is 0 Å². The van der Waals surface area contributed by atoms with Crippen molar-refractivity contribution in [1.29, 1.82) is 0 Å². The highest BCUT2D eigenvalue weighted by Crippen LogP contribution is 2.38. The maximum absolute atomic E-state index is 6.98. The summed E-state index contributed by atoms with van der Waals surface area (Å²) in [7, 11) is 0. The smallest absolute Gasteiger partial charge is 0.187 e. The summed E-state index contributed by atoms with van der Waals surface area (Å²) in [5, 5.41) is 0. The van der Waals surface area contributed by atoms with Crippen molar-refractivity contribution in [3.8, 4) is 12.3 Å². The zero-order valence-corrected chi connectivity index (χ0v) is 9.27. The molecule has 0 radical (unpaired) electrons. The van der Waals surface area contributed by atoms with Crippen LogP contribution in [-0.2, 0) is 0 Å². The molecule has 0 saturated carbocycles. The largest absolute Gasteiger partial charge is 0.238 e. The molecule has 78 valence electrons. The predicted octanol–water partition coefficient (Wildman–Crippen LogP) is 4.01. The summed E-state index contributed by atoms with van der Waals surface area (Å²) in [6.45, 7) is 9.15. The number of hydrogen-bond acceptors (Lipinski definition) is 0. The zero-order chi connectivity index (χ0) is 11.5. The Morgan fingerprint density at radius 2 is 2.38 bits per heavy atom. The van der Waals surface area contributed by atoms with Gasteiger partial charge in [-0.2, -0.15) is 0 Å². The SMILES string of the molecule is [C-]#[N+]c1ccc2c(c1)C=CC2C(C)CC#C. The molecule has 2 unspecified atom stereocenters. The van der Waals surface area contributed by atoms with E-state index in [9.17, 15) is 0 Å². The summed E-state index contributed by atoms with van der Waals surface area (Å²) < 4.78 is 0. The Labute approximate surface area is 96.6 Å². The van der Waals surface area contributed by atoms with Crippen LogP contribution in [0.15, 0.2) is 24.3 Å². The fraction of sp³-hybridized carbons (Fsp3) is 0.267. The summed E-state index contributed by atoms with van der Waals surface area (Å²) in [5.74, 6) is 3.58. The number of fused-ring (bicyclic) bond motifs is 1. The van der Waals surface area contributed by atoms with Gasteiger partial charge >= 0.3 is 0 Å². The first-order valence-corrected chi connectivity index (χ1v) is 5.39. The maximum atomic E-state index is 6.98. The van der Waals surface area contributed by atoms with E-state index in [0.717, 1.165) is 6.42 Å². The number of allylic oxidation sites excluding steroid dienone is 1. The van der Waals surface area contributed by atoms with Crippen molar-refractivity contribution in [1.82, 2.24) is 0 Å². The minimum atomic E-state index is 0.408. The zero-order valence-electron chi connectivity index (χ0n) is 9.27. The lowest BCUT2D eigenvalue weighted by Crippen LogP contribution is -2.05. The summed E-state index contributed by atoms with van der Waals surface area (Å²) in [6, 6.07) is 5.89. The van der Waals surface area contributed by atoms with Gasteiger partial charge in [0, 0.05) is 12.3 Å². The highest BCUT2D eigenvalue weighted by atomic mass is 14.6. The standard InChI is InChI=1S/C15H13N/c1-4-5-11(2)14-8-6-12-10-13(16-3)7-9-15(12)14/h1,6-11,14H,5H2,2H3. The van der Waals surface area contributed by atoms with Crippen LogP contribution in [-0.4, -0.2) is 0 Å². The molecule has 0 spiro atoms. The van der Waals surface area contributed by atoms with Crippen molar-refractivity contribution < 1.29 is 0 Å². The minimum Gasteiger partial charge on any atom is -0.238 e. The third-order valence-electron chi connectivity index (χ3n) is 3.09. The molecule has 0 bridgehead atoms. The van der Waals surface area contributed by atoms with Gasteiger partial charge in [0.15, 0.2) is 5.69 Å². The average molecular weight is 207 g/mol. The van der Waals surface area contributed by atoms with Crippen molar-refractivity contribution in [2.45, 2.75) is 19.3 Å². The van der Waals surface area contributed by atoms with Gasteiger partial charge in [-0.1, -0.05) is 31.2 Å². The summed E-state index contributed by atoms with van der Waals surface area (Å²) >= 11 is 0. The van der Waals surface area contributed by atoms with E-state index in [0.29, 0.717) is 17.5 Å². The van der Waals surface area contributed by atoms with Crippen LogP contribution >= 0.6 is 0 Å². The van der Waals surface area contributed by atoms with Gasteiger partial charge in [0.2, 0.25) is 0 Å². The van der Waals surface area contributed by atoms with Gasteiger partial charge in [0.05, 0.1) is 6.57 Å². The molecule has 2 rings (SSSR count). The Morgan fingerprint density at radius 1 is 1.56 bits per heavy atom. The molecule has 0 saturated heterocycles. The number of hydrogen-bond donors (Lipinski definition) is 0. The van der Waals surface area contributed by atoms with Crippen LogP contribution in [0.2, 0.25) is 0 Å². The molecule has 1 nitrogen and oxygen atoms in total. The van der Waals surface area contributed by atoms with Crippen molar-refractivity contribution in [2.75, 3.05) is 0 Å². The van der Waals surface area contributed by atoms with Crippen molar-refractivity contribution >= 4 is 11.8 Å². The van der Waals surface area contributed by atoms with E-state index in [1.54, 1.807) is 0 Å². The van der Waals surface area contributed by atoms with Crippen molar-refractivity contribution in [3.63, 3.8) is 0 Å². The lowest BCUT2D eigenvalue weighted by Gasteiger charge is -2.17. The molecule has 1 aromatic carbocycles. The van der Waals surface area contributed by atoms with Crippen LogP contribution in [0.5, 0.6) is 0 Å². The van der Waals surface area contributed by atoms with E-state index in [-0.39, 0.29) is 0 Å². The van der Waals surface area contributed by atoms with Gasteiger partial charge in [-0.25, -0.2) is 4.85 Å². The fourth-order valence-corrected chi connectivity index (χ4v) is 2.20. The first-order valence-electron chi connectivity index (χ1n) is 5.39. The lowest BCUT2D eigenvalue weighted by molar-refractivity contribution is 0.544. The lowest BCUT2D eigenvalue weighted by atomic mass is 9.87. The second kappa shape index (κ2) is 4.25. The van der Waals surface area contributed by atoms with E-state index in [4.69, 9.17) is 13.0 Å². The molecule has 0 aromatic heterocycles. The first-order chi connectivity index (χ1) is 7.76. The molecule has 2 atom stereocenters. The second-order valence-electron chi connectivity index (χ2n) is 4.20. The Morgan fingerprint density at radius 3 is 3.06 bits per heavy atom. The molecule has 16 heavy (non-hydrogen) atoms. The van der Waals surface area contributed by atoms with Crippen LogP contribution in [0.4, 0.5) is 5.69 Å². The molecule has 1 aromatic rings. The highest BCUT2D eigenvalue weighted by molar-refractivity contribution is 5.67. The first kappa shape index (κ1) is 10.5. The monoisotopic (exact) mass is 207 g/mol. The van der Waals surface area contributed by atoms with E-state index < -0.39 is 0 Å². The van der Waals surface area contributed by atoms with Gasteiger partial charge in [0.25, 0.3) is 0 Å². The van der Waals surface area contributed by atoms with Gasteiger partial charge in [-0.05, 0) is 23.1 Å². The number of nitrogens with zero attached hydrogens (tertiary/aromatic N) is 1. The summed E-state index contributed by atoms with van der Waals surface area (Å²) in [4.78, 5) is 3.44. The maximum Gasteiger partial charge on any atom is 0.187 e. The minimum absolute atomic E-state index is 0.408. The van der Waals surface area contributed by atoms with Crippen LogP contribution in [0.1, 0.15) is 30.4 Å². The number of benzene rings is 1. The molecule has 1 aliphatic carbocycles. The Hall–Kier alpha value is -1.99. The van der Waals surface area contributed by atoms with Crippen LogP contribution in [0.3, 0.4) is 0 Å². The highest BCUT2D eigenvalue weighted by Gasteiger charge is 2.22. The van der Waals surface area contributed by atoms with Gasteiger partial charge in [0.1, 0.15) is 0 Å². The molecule has 0 amide bonds. The summed E-state index contributed by atoms with van der Waals surface area (Å²) in [5.41, 5.74) is 3.17. The molecular formula is C15H13N. The van der Waals surface area contributed by atoms with E-state index in [1.165, 1.54) is 11.1 Å². The van der Waals surface area contributed by atoms with Crippen molar-refractivity contribution in [3.05, 3.63) is 46.8 Å².